The van der Waals surface area contributed by atoms with E-state index in [0.29, 0.717) is 26.2 Å². The molecule has 178 valence electrons. The van der Waals surface area contributed by atoms with Gasteiger partial charge in [-0.05, 0) is 19.1 Å². The summed E-state index contributed by atoms with van der Waals surface area (Å²) in [4.78, 5) is 35.2. The van der Waals surface area contributed by atoms with Gasteiger partial charge in [0.1, 0.15) is 11.4 Å². The van der Waals surface area contributed by atoms with Gasteiger partial charge in [-0.15, -0.1) is 0 Å². The first-order valence-electron chi connectivity index (χ1n) is 10.8. The first-order valence-corrected chi connectivity index (χ1v) is 10.8. The van der Waals surface area contributed by atoms with Gasteiger partial charge in [-0.3, -0.25) is 18.9 Å². The van der Waals surface area contributed by atoms with Crippen molar-refractivity contribution in [2.75, 3.05) is 43.4 Å². The summed E-state index contributed by atoms with van der Waals surface area (Å²) >= 11 is 0. The van der Waals surface area contributed by atoms with Crippen molar-refractivity contribution in [3.05, 3.63) is 53.1 Å². The molecule has 2 aliphatic heterocycles. The van der Waals surface area contributed by atoms with Crippen LogP contribution in [-0.4, -0.2) is 64.3 Å². The smallest absolute Gasteiger partial charge is 0.294 e. The Bertz CT molecular complexity index is 1320. The lowest BCUT2D eigenvalue weighted by molar-refractivity contribution is -0.117. The number of hydrogen-bond donors (Lipinski definition) is 2. The summed E-state index contributed by atoms with van der Waals surface area (Å²) < 4.78 is 45.4. The highest BCUT2D eigenvalue weighted by Gasteiger charge is 2.33. The molecule has 34 heavy (non-hydrogen) atoms. The Kier molecular flexibility index (Phi) is 5.39. The number of pyridine rings is 2. The molecule has 1 saturated heterocycles. The van der Waals surface area contributed by atoms with Gasteiger partial charge in [-0.2, -0.15) is 8.78 Å². The second-order valence-electron chi connectivity index (χ2n) is 8.39. The van der Waals surface area contributed by atoms with Crippen LogP contribution < -0.4 is 15.5 Å². The maximum atomic E-state index is 15.3. The van der Waals surface area contributed by atoms with E-state index < -0.39 is 35.6 Å². The summed E-state index contributed by atoms with van der Waals surface area (Å²) in [5, 5.41) is 4.94. The number of amides is 2. The Balaban J connectivity index is 1.33. The number of halogens is 3. The van der Waals surface area contributed by atoms with Crippen LogP contribution in [0.15, 0.2) is 18.3 Å². The van der Waals surface area contributed by atoms with Crippen LogP contribution in [-0.2, 0) is 11.3 Å². The molecule has 5 rings (SSSR count). The topological polar surface area (TPSA) is 94.9 Å². The van der Waals surface area contributed by atoms with Crippen LogP contribution in [0.2, 0.25) is 0 Å². The number of carbonyl (C=O) groups is 2. The van der Waals surface area contributed by atoms with Crippen LogP contribution in [0.5, 0.6) is 0 Å². The fraction of sp³-hybridized carbons (Fsp3) is 0.364. The summed E-state index contributed by atoms with van der Waals surface area (Å²) in [7, 11) is 1.44. The fourth-order valence-electron chi connectivity index (χ4n) is 4.45. The summed E-state index contributed by atoms with van der Waals surface area (Å²) in [6, 6.07) is 2.98. The molecule has 9 nitrogen and oxygen atoms in total. The Hall–Kier alpha value is -3.67. The molecule has 2 aliphatic rings. The number of aromatic nitrogens is 3. The van der Waals surface area contributed by atoms with Crippen LogP contribution in [0.3, 0.4) is 0 Å². The van der Waals surface area contributed by atoms with Gasteiger partial charge in [0, 0.05) is 51.5 Å². The molecule has 1 atom stereocenters. The SMILES string of the molecule is CNC(=O)c1ccc(N2CCN(Cc3cn4c(F)nc5c4c(c3F)NC(=O)C5C)CC2)c(F)n1. The van der Waals surface area contributed by atoms with Crippen LogP contribution in [0.1, 0.15) is 34.6 Å². The zero-order valence-corrected chi connectivity index (χ0v) is 18.5. The van der Waals surface area contributed by atoms with E-state index in [1.165, 1.54) is 29.8 Å². The zero-order chi connectivity index (χ0) is 24.1. The van der Waals surface area contributed by atoms with Crippen molar-refractivity contribution in [3.8, 4) is 0 Å². The highest BCUT2D eigenvalue weighted by Crippen LogP contribution is 2.36. The van der Waals surface area contributed by atoms with Crippen LogP contribution in [0.25, 0.3) is 5.52 Å². The first kappa shape index (κ1) is 22.1. The van der Waals surface area contributed by atoms with Gasteiger partial charge in [-0.1, -0.05) is 0 Å². The van der Waals surface area contributed by atoms with E-state index in [1.54, 1.807) is 11.8 Å². The number of nitrogens with one attached hydrogen (secondary N) is 2. The highest BCUT2D eigenvalue weighted by atomic mass is 19.1. The van der Waals surface area contributed by atoms with Gasteiger partial charge in [0.2, 0.25) is 11.9 Å². The van der Waals surface area contributed by atoms with Crippen molar-refractivity contribution in [2.24, 2.45) is 0 Å². The average molecular weight is 473 g/mol. The molecule has 0 radical (unpaired) electrons. The van der Waals surface area contributed by atoms with Gasteiger partial charge in [0.25, 0.3) is 12.0 Å². The minimum Gasteiger partial charge on any atom is -0.365 e. The number of hydrogen-bond acceptors (Lipinski definition) is 6. The van der Waals surface area contributed by atoms with E-state index in [-0.39, 0.29) is 40.4 Å². The molecule has 0 bridgehead atoms. The van der Waals surface area contributed by atoms with Crippen LogP contribution in [0.4, 0.5) is 24.5 Å². The second-order valence-corrected chi connectivity index (χ2v) is 8.39. The standard InChI is InChI=1S/C22H22F3N7O2/c1-11-16-18-17(28-20(11)33)15(23)12(10-32(18)22(25)29-16)9-30-5-7-31(8-6-30)14-4-3-13(21(34)26-2)27-19(14)24/h3-4,10-11H,5-9H2,1-2H3,(H,26,34)(H,28,33). The van der Waals surface area contributed by atoms with Crippen molar-refractivity contribution in [1.29, 1.82) is 0 Å². The summed E-state index contributed by atoms with van der Waals surface area (Å²) in [6.07, 6.45) is 0.571. The molecule has 2 amide bonds. The Labute approximate surface area is 192 Å². The number of carbonyl (C=O) groups excluding carboxylic acids is 2. The molecule has 1 fully saturated rings. The lowest BCUT2D eigenvalue weighted by Gasteiger charge is -2.36. The molecule has 12 heteroatoms. The third kappa shape index (κ3) is 3.54. The molecule has 2 N–H and O–H groups in total. The molecule has 0 aliphatic carbocycles. The van der Waals surface area contributed by atoms with Gasteiger partial charge in [0.15, 0.2) is 5.82 Å². The normalized spacial score (nSPS) is 18.3. The monoisotopic (exact) mass is 473 g/mol. The van der Waals surface area contributed by atoms with E-state index in [4.69, 9.17) is 0 Å². The lowest BCUT2D eigenvalue weighted by atomic mass is 10.0. The van der Waals surface area contributed by atoms with Gasteiger partial charge in [0.05, 0.1) is 22.8 Å². The Morgan fingerprint density at radius 2 is 1.91 bits per heavy atom. The Morgan fingerprint density at radius 3 is 2.59 bits per heavy atom. The van der Waals surface area contributed by atoms with E-state index in [0.717, 1.165) is 0 Å². The summed E-state index contributed by atoms with van der Waals surface area (Å²) in [6.45, 7) is 3.65. The third-order valence-electron chi connectivity index (χ3n) is 6.37. The van der Waals surface area contributed by atoms with Gasteiger partial charge >= 0.3 is 0 Å². The van der Waals surface area contributed by atoms with E-state index in [1.807, 2.05) is 4.90 Å². The zero-order valence-electron chi connectivity index (χ0n) is 18.5. The second kappa shape index (κ2) is 8.28. The predicted octanol–water partition coefficient (Wildman–Crippen LogP) is 1.88. The number of anilines is 2. The molecule has 3 aromatic rings. The number of rotatable bonds is 4. The molecular weight excluding hydrogens is 451 g/mol. The quantitative estimate of drug-likeness (QED) is 0.562. The molecule has 0 aromatic carbocycles. The molecule has 3 aromatic heterocycles. The lowest BCUT2D eigenvalue weighted by Crippen LogP contribution is -2.46. The maximum absolute atomic E-state index is 15.3. The summed E-state index contributed by atoms with van der Waals surface area (Å²) in [5.74, 6) is -2.93. The van der Waals surface area contributed by atoms with Crippen molar-refractivity contribution < 1.29 is 22.8 Å². The maximum Gasteiger partial charge on any atom is 0.294 e. The number of imidazole rings is 1. The number of nitrogens with zero attached hydrogens (tertiary/aromatic N) is 5. The minimum atomic E-state index is -0.802. The van der Waals surface area contributed by atoms with Gasteiger partial charge in [-0.25, -0.2) is 14.4 Å². The van der Waals surface area contributed by atoms with E-state index >= 15 is 4.39 Å². The van der Waals surface area contributed by atoms with Crippen molar-refractivity contribution in [2.45, 2.75) is 19.4 Å². The van der Waals surface area contributed by atoms with E-state index in [9.17, 15) is 18.4 Å². The molecule has 0 saturated carbocycles. The molecule has 0 spiro atoms. The molecule has 1 unspecified atom stereocenters. The third-order valence-corrected chi connectivity index (χ3v) is 6.37. The van der Waals surface area contributed by atoms with Crippen LogP contribution in [0, 0.1) is 17.8 Å². The predicted molar refractivity (Wildman–Crippen MR) is 117 cm³/mol. The highest BCUT2D eigenvalue weighted by molar-refractivity contribution is 6.04. The van der Waals surface area contributed by atoms with Crippen molar-refractivity contribution >= 4 is 28.7 Å². The van der Waals surface area contributed by atoms with E-state index in [2.05, 4.69) is 20.6 Å². The van der Waals surface area contributed by atoms with Gasteiger partial charge < -0.3 is 15.5 Å². The first-order chi connectivity index (χ1) is 16.3. The molecule has 5 heterocycles. The molecular formula is C22H22F3N7O2. The van der Waals surface area contributed by atoms with Crippen molar-refractivity contribution in [3.63, 3.8) is 0 Å². The fourth-order valence-corrected chi connectivity index (χ4v) is 4.45. The summed E-state index contributed by atoms with van der Waals surface area (Å²) in [5.41, 5.74) is 0.890. The van der Waals surface area contributed by atoms with Crippen LogP contribution >= 0.6 is 0 Å². The average Bonchev–Trinajstić information content (AvgIpc) is 3.16. The Morgan fingerprint density at radius 1 is 1.18 bits per heavy atom. The van der Waals surface area contributed by atoms with Crippen molar-refractivity contribution in [1.82, 2.24) is 24.6 Å². The largest absolute Gasteiger partial charge is 0.365 e. The minimum absolute atomic E-state index is 0.00593. The number of piperazine rings is 1.